The minimum atomic E-state index is 0.668. The van der Waals surface area contributed by atoms with Crippen LogP contribution in [0.15, 0.2) is 30.5 Å². The highest BCUT2D eigenvalue weighted by atomic mass is 14.9. The van der Waals surface area contributed by atoms with Gasteiger partial charge >= 0.3 is 0 Å². The van der Waals surface area contributed by atoms with Crippen molar-refractivity contribution in [3.05, 3.63) is 36.0 Å². The summed E-state index contributed by atoms with van der Waals surface area (Å²) in [5, 5.41) is 4.91. The number of nitrogens with one attached hydrogen (secondary N) is 2. The highest BCUT2D eigenvalue weighted by Crippen LogP contribution is 2.32. The molecule has 1 fully saturated rings. The standard InChI is InChI=1S/C14H18N2/c1-10(12-3-4-12)16-9-11-2-5-14-13(8-11)6-7-15-14/h2,5-8,10,12,15-16H,3-4,9H2,1H3/t10-/m0/s1. The second-order valence-electron chi connectivity index (χ2n) is 4.91. The molecule has 0 saturated heterocycles. The van der Waals surface area contributed by atoms with Crippen LogP contribution in [0.4, 0.5) is 0 Å². The van der Waals surface area contributed by atoms with Gasteiger partial charge in [0.05, 0.1) is 0 Å². The lowest BCUT2D eigenvalue weighted by molar-refractivity contribution is 0.496. The van der Waals surface area contributed by atoms with Crippen molar-refractivity contribution in [2.75, 3.05) is 0 Å². The Labute approximate surface area is 96.1 Å². The molecule has 1 atom stereocenters. The largest absolute Gasteiger partial charge is 0.361 e. The summed E-state index contributed by atoms with van der Waals surface area (Å²) in [6.45, 7) is 3.28. The van der Waals surface area contributed by atoms with E-state index in [1.54, 1.807) is 0 Å². The lowest BCUT2D eigenvalue weighted by atomic mass is 10.1. The van der Waals surface area contributed by atoms with E-state index < -0.39 is 0 Å². The van der Waals surface area contributed by atoms with E-state index in [4.69, 9.17) is 0 Å². The molecular formula is C14H18N2. The minimum Gasteiger partial charge on any atom is -0.361 e. The predicted octanol–water partition coefficient (Wildman–Crippen LogP) is 3.06. The topological polar surface area (TPSA) is 27.8 Å². The van der Waals surface area contributed by atoms with Crippen LogP contribution in [0.1, 0.15) is 25.3 Å². The molecule has 0 amide bonds. The maximum absolute atomic E-state index is 3.61. The van der Waals surface area contributed by atoms with Crippen LogP contribution in [0.25, 0.3) is 10.9 Å². The summed E-state index contributed by atoms with van der Waals surface area (Å²) >= 11 is 0. The molecule has 0 aliphatic heterocycles. The summed E-state index contributed by atoms with van der Waals surface area (Å²) < 4.78 is 0. The first-order valence-corrected chi connectivity index (χ1v) is 6.12. The van der Waals surface area contributed by atoms with Gasteiger partial charge in [-0.3, -0.25) is 0 Å². The number of aromatic nitrogens is 1. The third kappa shape index (κ3) is 1.98. The van der Waals surface area contributed by atoms with Crippen LogP contribution < -0.4 is 5.32 Å². The Balaban J connectivity index is 1.68. The molecule has 1 saturated carbocycles. The normalized spacial score (nSPS) is 17.8. The maximum atomic E-state index is 3.61. The van der Waals surface area contributed by atoms with Crippen molar-refractivity contribution in [3.63, 3.8) is 0 Å². The molecule has 3 rings (SSSR count). The monoisotopic (exact) mass is 214 g/mol. The first-order chi connectivity index (χ1) is 7.83. The molecule has 2 nitrogen and oxygen atoms in total. The Morgan fingerprint density at radius 1 is 1.38 bits per heavy atom. The van der Waals surface area contributed by atoms with Crippen molar-refractivity contribution in [1.29, 1.82) is 0 Å². The smallest absolute Gasteiger partial charge is 0.0454 e. The molecule has 1 aromatic carbocycles. The highest BCUT2D eigenvalue weighted by molar-refractivity contribution is 5.79. The quantitative estimate of drug-likeness (QED) is 0.804. The van der Waals surface area contributed by atoms with E-state index in [-0.39, 0.29) is 0 Å². The summed E-state index contributed by atoms with van der Waals surface area (Å²) in [5.41, 5.74) is 2.60. The summed E-state index contributed by atoms with van der Waals surface area (Å²) in [6.07, 6.45) is 4.81. The van der Waals surface area contributed by atoms with Gasteiger partial charge in [0.1, 0.15) is 0 Å². The zero-order valence-electron chi connectivity index (χ0n) is 9.66. The third-order valence-electron chi connectivity index (χ3n) is 3.57. The molecule has 84 valence electrons. The average Bonchev–Trinajstić information content (AvgIpc) is 3.04. The van der Waals surface area contributed by atoms with Gasteiger partial charge in [-0.2, -0.15) is 0 Å². The summed E-state index contributed by atoms with van der Waals surface area (Å²) in [7, 11) is 0. The zero-order chi connectivity index (χ0) is 11.0. The van der Waals surface area contributed by atoms with Crippen LogP contribution in [-0.2, 0) is 6.54 Å². The van der Waals surface area contributed by atoms with Crippen molar-refractivity contribution in [2.45, 2.75) is 32.4 Å². The van der Waals surface area contributed by atoms with Gasteiger partial charge in [0.15, 0.2) is 0 Å². The van der Waals surface area contributed by atoms with Gasteiger partial charge in [-0.1, -0.05) is 6.07 Å². The third-order valence-corrected chi connectivity index (χ3v) is 3.57. The van der Waals surface area contributed by atoms with Gasteiger partial charge in [-0.15, -0.1) is 0 Å². The number of rotatable bonds is 4. The van der Waals surface area contributed by atoms with Gasteiger partial charge in [0, 0.05) is 24.3 Å². The fraction of sp³-hybridized carbons (Fsp3) is 0.429. The van der Waals surface area contributed by atoms with Crippen molar-refractivity contribution in [3.8, 4) is 0 Å². The second kappa shape index (κ2) is 3.95. The number of hydrogen-bond donors (Lipinski definition) is 2. The van der Waals surface area contributed by atoms with Crippen molar-refractivity contribution < 1.29 is 0 Å². The summed E-state index contributed by atoms with van der Waals surface area (Å²) in [4.78, 5) is 3.22. The maximum Gasteiger partial charge on any atom is 0.0454 e. The molecular weight excluding hydrogens is 196 g/mol. The van der Waals surface area contributed by atoms with Crippen LogP contribution in [0.3, 0.4) is 0 Å². The van der Waals surface area contributed by atoms with Crippen molar-refractivity contribution >= 4 is 10.9 Å². The Bertz CT molecular complexity index is 482. The van der Waals surface area contributed by atoms with E-state index in [1.807, 2.05) is 6.20 Å². The molecule has 0 bridgehead atoms. The fourth-order valence-electron chi connectivity index (χ4n) is 2.25. The highest BCUT2D eigenvalue weighted by Gasteiger charge is 2.27. The first-order valence-electron chi connectivity index (χ1n) is 6.12. The van der Waals surface area contributed by atoms with Crippen LogP contribution in [0.5, 0.6) is 0 Å². The van der Waals surface area contributed by atoms with E-state index in [9.17, 15) is 0 Å². The molecule has 0 unspecified atom stereocenters. The van der Waals surface area contributed by atoms with Gasteiger partial charge in [0.2, 0.25) is 0 Å². The number of aromatic amines is 1. The number of H-pyrrole nitrogens is 1. The predicted molar refractivity (Wildman–Crippen MR) is 67.3 cm³/mol. The Hall–Kier alpha value is -1.28. The van der Waals surface area contributed by atoms with Gasteiger partial charge in [0.25, 0.3) is 0 Å². The van der Waals surface area contributed by atoms with Crippen LogP contribution in [0.2, 0.25) is 0 Å². The fourth-order valence-corrected chi connectivity index (χ4v) is 2.25. The molecule has 0 radical (unpaired) electrons. The molecule has 2 N–H and O–H groups in total. The van der Waals surface area contributed by atoms with Gasteiger partial charge in [-0.05, 0) is 54.8 Å². The molecule has 1 heterocycles. The molecule has 0 spiro atoms. The van der Waals surface area contributed by atoms with Crippen molar-refractivity contribution in [2.24, 2.45) is 5.92 Å². The number of fused-ring (bicyclic) bond motifs is 1. The van der Waals surface area contributed by atoms with Gasteiger partial charge in [-0.25, -0.2) is 0 Å². The lowest BCUT2D eigenvalue weighted by Crippen LogP contribution is -2.27. The number of hydrogen-bond acceptors (Lipinski definition) is 1. The SMILES string of the molecule is C[C@H](NCc1ccc2[nH]ccc2c1)C1CC1. The first kappa shape index (κ1) is 9.91. The lowest BCUT2D eigenvalue weighted by Gasteiger charge is -2.12. The van der Waals surface area contributed by atoms with E-state index in [0.29, 0.717) is 6.04 Å². The average molecular weight is 214 g/mol. The Morgan fingerprint density at radius 2 is 2.25 bits per heavy atom. The molecule has 1 aromatic heterocycles. The van der Waals surface area contributed by atoms with Crippen LogP contribution in [0, 0.1) is 5.92 Å². The Kier molecular flexibility index (Phi) is 2.44. The molecule has 1 aliphatic carbocycles. The van der Waals surface area contributed by atoms with E-state index >= 15 is 0 Å². The molecule has 2 aromatic rings. The molecule has 2 heteroatoms. The van der Waals surface area contributed by atoms with E-state index in [0.717, 1.165) is 12.5 Å². The van der Waals surface area contributed by atoms with E-state index in [2.05, 4.69) is 41.5 Å². The second-order valence-corrected chi connectivity index (χ2v) is 4.91. The van der Waals surface area contributed by atoms with Crippen molar-refractivity contribution in [1.82, 2.24) is 10.3 Å². The van der Waals surface area contributed by atoms with Crippen LogP contribution in [-0.4, -0.2) is 11.0 Å². The van der Waals surface area contributed by atoms with Gasteiger partial charge < -0.3 is 10.3 Å². The molecule has 1 aliphatic rings. The summed E-state index contributed by atoms with van der Waals surface area (Å²) in [6, 6.07) is 9.42. The minimum absolute atomic E-state index is 0.668. The zero-order valence-corrected chi connectivity index (χ0v) is 9.66. The van der Waals surface area contributed by atoms with E-state index in [1.165, 1.54) is 29.3 Å². The molecule has 16 heavy (non-hydrogen) atoms. The Morgan fingerprint density at radius 3 is 3.06 bits per heavy atom. The number of benzene rings is 1. The van der Waals surface area contributed by atoms with Crippen LogP contribution >= 0.6 is 0 Å². The summed E-state index contributed by atoms with van der Waals surface area (Å²) in [5.74, 6) is 0.927.